The second kappa shape index (κ2) is 6.48. The van der Waals surface area contributed by atoms with E-state index in [1.807, 2.05) is 43.0 Å². The Labute approximate surface area is 127 Å². The molecule has 0 aliphatic carbocycles. The van der Waals surface area contributed by atoms with Gasteiger partial charge in [0.05, 0.1) is 5.41 Å². The summed E-state index contributed by atoms with van der Waals surface area (Å²) in [6, 6.07) is 7.61. The summed E-state index contributed by atoms with van der Waals surface area (Å²) >= 11 is 0. The predicted molar refractivity (Wildman–Crippen MR) is 85.1 cm³/mol. The normalized spacial score (nSPS) is 17.0. The molecule has 0 unspecified atom stereocenters. The second-order valence-corrected chi connectivity index (χ2v) is 6.44. The molecule has 1 aromatic carbocycles. The Hall–Kier alpha value is -1.55. The summed E-state index contributed by atoms with van der Waals surface area (Å²) in [5.74, 6) is 0.779. The fourth-order valence-corrected chi connectivity index (χ4v) is 2.96. The van der Waals surface area contributed by atoms with Gasteiger partial charge < -0.3 is 15.4 Å². The summed E-state index contributed by atoms with van der Waals surface area (Å²) in [7, 11) is 1.74. The Morgan fingerprint density at radius 3 is 2.38 bits per heavy atom. The number of carbonyl (C=O) groups excluding carboxylic acids is 1. The van der Waals surface area contributed by atoms with Crippen LogP contribution in [0.1, 0.15) is 32.3 Å². The number of hydrogen-bond acceptors (Lipinski definition) is 3. The molecule has 1 amide bonds. The molecule has 0 atom stereocenters. The van der Waals surface area contributed by atoms with E-state index < -0.39 is 5.41 Å². The quantitative estimate of drug-likeness (QED) is 0.867. The van der Waals surface area contributed by atoms with E-state index in [1.54, 1.807) is 7.11 Å². The minimum Gasteiger partial charge on any atom is -0.399 e. The number of ether oxygens (including phenoxy) is 1. The third kappa shape index (κ3) is 3.56. The number of amides is 1. The fourth-order valence-electron chi connectivity index (χ4n) is 2.96. The molecule has 116 valence electrons. The molecule has 1 saturated heterocycles. The van der Waals surface area contributed by atoms with E-state index >= 15 is 0 Å². The van der Waals surface area contributed by atoms with Crippen molar-refractivity contribution in [1.82, 2.24) is 4.90 Å². The molecule has 1 fully saturated rings. The van der Waals surface area contributed by atoms with Crippen molar-refractivity contribution in [3.63, 3.8) is 0 Å². The highest BCUT2D eigenvalue weighted by Crippen LogP contribution is 2.28. The maximum atomic E-state index is 12.8. The van der Waals surface area contributed by atoms with Crippen molar-refractivity contribution >= 4 is 11.6 Å². The Balaban J connectivity index is 2.03. The van der Waals surface area contributed by atoms with Gasteiger partial charge in [0, 0.05) is 32.5 Å². The van der Waals surface area contributed by atoms with Gasteiger partial charge in [0.25, 0.3) is 0 Å². The van der Waals surface area contributed by atoms with Crippen LogP contribution in [-0.4, -0.2) is 37.6 Å². The molecule has 4 heteroatoms. The van der Waals surface area contributed by atoms with Gasteiger partial charge in [-0.05, 0) is 50.3 Å². The third-order valence-corrected chi connectivity index (χ3v) is 4.47. The topological polar surface area (TPSA) is 55.6 Å². The fraction of sp³-hybridized carbons (Fsp3) is 0.588. The number of methoxy groups -OCH3 is 1. The van der Waals surface area contributed by atoms with Crippen LogP contribution in [0.25, 0.3) is 0 Å². The molecule has 1 aliphatic rings. The SMILES string of the molecule is COCC1CCN(C(=O)C(C)(C)c2ccc(N)cc2)CC1. The van der Waals surface area contributed by atoms with Crippen LogP contribution in [0, 0.1) is 5.92 Å². The lowest BCUT2D eigenvalue weighted by Gasteiger charge is -2.37. The summed E-state index contributed by atoms with van der Waals surface area (Å²) in [5.41, 5.74) is 6.95. The molecular formula is C17H26N2O2. The van der Waals surface area contributed by atoms with Crippen LogP contribution >= 0.6 is 0 Å². The molecule has 0 bridgehead atoms. The lowest BCUT2D eigenvalue weighted by Crippen LogP contribution is -2.47. The van der Waals surface area contributed by atoms with Gasteiger partial charge in [-0.15, -0.1) is 0 Å². The zero-order valence-corrected chi connectivity index (χ0v) is 13.3. The van der Waals surface area contributed by atoms with Gasteiger partial charge in [-0.1, -0.05) is 12.1 Å². The van der Waals surface area contributed by atoms with Gasteiger partial charge in [0.15, 0.2) is 0 Å². The molecule has 2 rings (SSSR count). The Kier molecular flexibility index (Phi) is 4.88. The summed E-state index contributed by atoms with van der Waals surface area (Å²) in [6.07, 6.45) is 2.05. The van der Waals surface area contributed by atoms with Crippen LogP contribution in [-0.2, 0) is 14.9 Å². The average Bonchev–Trinajstić information content (AvgIpc) is 2.48. The zero-order valence-electron chi connectivity index (χ0n) is 13.3. The van der Waals surface area contributed by atoms with Crippen LogP contribution < -0.4 is 5.73 Å². The molecule has 2 N–H and O–H groups in total. The summed E-state index contributed by atoms with van der Waals surface area (Å²) in [6.45, 7) is 6.42. The minimum absolute atomic E-state index is 0.197. The largest absolute Gasteiger partial charge is 0.399 e. The standard InChI is InChI=1S/C17H26N2O2/c1-17(2,14-4-6-15(18)7-5-14)16(20)19-10-8-13(9-11-19)12-21-3/h4-7,13H,8-12,18H2,1-3H3. The predicted octanol–water partition coefficient (Wildman–Crippen LogP) is 2.43. The van der Waals surface area contributed by atoms with Gasteiger partial charge in [-0.3, -0.25) is 4.79 Å². The van der Waals surface area contributed by atoms with E-state index in [9.17, 15) is 4.79 Å². The number of benzene rings is 1. The summed E-state index contributed by atoms with van der Waals surface area (Å²) in [5, 5.41) is 0. The summed E-state index contributed by atoms with van der Waals surface area (Å²) in [4.78, 5) is 14.8. The Morgan fingerprint density at radius 1 is 1.29 bits per heavy atom. The molecule has 4 nitrogen and oxygen atoms in total. The number of likely N-dealkylation sites (tertiary alicyclic amines) is 1. The van der Waals surface area contributed by atoms with E-state index in [1.165, 1.54) is 0 Å². The lowest BCUT2D eigenvalue weighted by molar-refractivity contribution is -0.138. The highest BCUT2D eigenvalue weighted by Gasteiger charge is 2.35. The number of anilines is 1. The van der Waals surface area contributed by atoms with E-state index in [4.69, 9.17) is 10.5 Å². The van der Waals surface area contributed by atoms with E-state index in [2.05, 4.69) is 0 Å². The number of nitrogen functional groups attached to an aromatic ring is 1. The monoisotopic (exact) mass is 290 g/mol. The van der Waals surface area contributed by atoms with Gasteiger partial charge in [-0.2, -0.15) is 0 Å². The van der Waals surface area contributed by atoms with E-state index in [0.717, 1.165) is 43.8 Å². The van der Waals surface area contributed by atoms with Crippen molar-refractivity contribution in [3.05, 3.63) is 29.8 Å². The van der Waals surface area contributed by atoms with E-state index in [0.29, 0.717) is 5.92 Å². The van der Waals surface area contributed by atoms with Gasteiger partial charge in [0.2, 0.25) is 5.91 Å². The van der Waals surface area contributed by atoms with Crippen LogP contribution in [0.5, 0.6) is 0 Å². The van der Waals surface area contributed by atoms with Crippen molar-refractivity contribution in [3.8, 4) is 0 Å². The van der Waals surface area contributed by atoms with E-state index in [-0.39, 0.29) is 5.91 Å². The maximum Gasteiger partial charge on any atom is 0.232 e. The van der Waals surface area contributed by atoms with Crippen LogP contribution in [0.4, 0.5) is 5.69 Å². The molecule has 1 heterocycles. The van der Waals surface area contributed by atoms with Gasteiger partial charge in [-0.25, -0.2) is 0 Å². The Bertz CT molecular complexity index is 474. The van der Waals surface area contributed by atoms with Crippen molar-refractivity contribution in [1.29, 1.82) is 0 Å². The first-order chi connectivity index (χ1) is 9.95. The highest BCUT2D eigenvalue weighted by atomic mass is 16.5. The first-order valence-electron chi connectivity index (χ1n) is 7.59. The van der Waals surface area contributed by atoms with Crippen molar-refractivity contribution in [2.24, 2.45) is 5.92 Å². The molecule has 0 spiro atoms. The minimum atomic E-state index is -0.512. The first-order valence-corrected chi connectivity index (χ1v) is 7.59. The van der Waals surface area contributed by atoms with Gasteiger partial charge in [0.1, 0.15) is 0 Å². The number of hydrogen-bond donors (Lipinski definition) is 1. The smallest absolute Gasteiger partial charge is 0.232 e. The van der Waals surface area contributed by atoms with Crippen molar-refractivity contribution in [2.45, 2.75) is 32.1 Å². The molecule has 1 aliphatic heterocycles. The van der Waals surface area contributed by atoms with Crippen LogP contribution in [0.2, 0.25) is 0 Å². The highest BCUT2D eigenvalue weighted by molar-refractivity contribution is 5.87. The van der Waals surface area contributed by atoms with Crippen LogP contribution in [0.15, 0.2) is 24.3 Å². The lowest BCUT2D eigenvalue weighted by atomic mass is 9.82. The number of carbonyl (C=O) groups is 1. The molecule has 0 aromatic heterocycles. The first kappa shape index (κ1) is 15.8. The molecule has 0 radical (unpaired) electrons. The molecule has 0 saturated carbocycles. The number of nitrogens with zero attached hydrogens (tertiary/aromatic N) is 1. The molecule has 21 heavy (non-hydrogen) atoms. The Morgan fingerprint density at radius 2 is 1.86 bits per heavy atom. The number of nitrogens with two attached hydrogens (primary N) is 1. The number of piperidine rings is 1. The number of rotatable bonds is 4. The van der Waals surface area contributed by atoms with Crippen molar-refractivity contribution < 1.29 is 9.53 Å². The molecule has 1 aromatic rings. The van der Waals surface area contributed by atoms with Crippen LogP contribution in [0.3, 0.4) is 0 Å². The third-order valence-electron chi connectivity index (χ3n) is 4.47. The zero-order chi connectivity index (χ0) is 15.5. The second-order valence-electron chi connectivity index (χ2n) is 6.44. The molecular weight excluding hydrogens is 264 g/mol. The van der Waals surface area contributed by atoms with Crippen molar-refractivity contribution in [2.75, 3.05) is 32.5 Å². The maximum absolute atomic E-state index is 12.8. The average molecular weight is 290 g/mol. The van der Waals surface area contributed by atoms with Gasteiger partial charge >= 0.3 is 0 Å². The summed E-state index contributed by atoms with van der Waals surface area (Å²) < 4.78 is 5.21.